The molecule has 0 aromatic heterocycles. The Bertz CT molecular complexity index is 883. The number of carbonyl (C=O) groups excluding carboxylic acids is 1. The van der Waals surface area contributed by atoms with Gasteiger partial charge in [0.15, 0.2) is 0 Å². The van der Waals surface area contributed by atoms with Crippen LogP contribution in [0.15, 0.2) is 51.8 Å². The number of hydrogen-bond donors (Lipinski definition) is 1. The standard InChI is InChI=1S/C17H18BrFN2O3S/c1-3-21(4-2)17(22)12-6-5-7-14(10-12)20-25(23,24)16-9-8-13(19)11-15(16)18/h5-11,20H,3-4H2,1-2H3. The van der Waals surface area contributed by atoms with Crippen molar-refractivity contribution >= 4 is 37.5 Å². The minimum Gasteiger partial charge on any atom is -0.339 e. The van der Waals surface area contributed by atoms with Crippen molar-refractivity contribution in [1.82, 2.24) is 4.90 Å². The van der Waals surface area contributed by atoms with Crippen molar-refractivity contribution < 1.29 is 17.6 Å². The Kier molecular flexibility index (Phi) is 6.18. The molecule has 0 fully saturated rings. The highest BCUT2D eigenvalue weighted by molar-refractivity contribution is 9.10. The number of nitrogens with zero attached hydrogens (tertiary/aromatic N) is 1. The van der Waals surface area contributed by atoms with E-state index in [1.807, 2.05) is 13.8 Å². The van der Waals surface area contributed by atoms with Crippen LogP contribution in [0.5, 0.6) is 0 Å². The first-order chi connectivity index (χ1) is 11.8. The molecule has 2 aromatic carbocycles. The Balaban J connectivity index is 2.31. The SMILES string of the molecule is CCN(CC)C(=O)c1cccc(NS(=O)(=O)c2ccc(F)cc2Br)c1. The van der Waals surface area contributed by atoms with Crippen LogP contribution in [0.25, 0.3) is 0 Å². The van der Waals surface area contributed by atoms with Crippen LogP contribution < -0.4 is 4.72 Å². The van der Waals surface area contributed by atoms with Crippen molar-refractivity contribution in [2.24, 2.45) is 0 Å². The zero-order chi connectivity index (χ0) is 18.6. The third-order valence-electron chi connectivity index (χ3n) is 3.60. The highest BCUT2D eigenvalue weighted by Crippen LogP contribution is 2.25. The second kappa shape index (κ2) is 7.97. The van der Waals surface area contributed by atoms with Gasteiger partial charge in [0.2, 0.25) is 0 Å². The number of nitrogens with one attached hydrogen (secondary N) is 1. The molecule has 2 rings (SSSR count). The smallest absolute Gasteiger partial charge is 0.263 e. The Morgan fingerprint density at radius 1 is 1.16 bits per heavy atom. The fraction of sp³-hybridized carbons (Fsp3) is 0.235. The van der Waals surface area contributed by atoms with Crippen LogP contribution in [0.4, 0.5) is 10.1 Å². The fourth-order valence-electron chi connectivity index (χ4n) is 2.31. The van der Waals surface area contributed by atoms with Gasteiger partial charge in [-0.2, -0.15) is 0 Å². The molecule has 2 aromatic rings. The summed E-state index contributed by atoms with van der Waals surface area (Å²) in [5, 5.41) is 0. The van der Waals surface area contributed by atoms with Gasteiger partial charge in [0, 0.05) is 28.8 Å². The number of rotatable bonds is 6. The van der Waals surface area contributed by atoms with Gasteiger partial charge in [0.1, 0.15) is 10.7 Å². The maximum atomic E-state index is 13.2. The summed E-state index contributed by atoms with van der Waals surface area (Å²) in [6, 6.07) is 9.59. The van der Waals surface area contributed by atoms with Gasteiger partial charge in [-0.25, -0.2) is 12.8 Å². The van der Waals surface area contributed by atoms with Crippen LogP contribution >= 0.6 is 15.9 Å². The summed E-state index contributed by atoms with van der Waals surface area (Å²) in [5.74, 6) is -0.716. The van der Waals surface area contributed by atoms with E-state index in [-0.39, 0.29) is 21.0 Å². The van der Waals surface area contributed by atoms with Gasteiger partial charge >= 0.3 is 0 Å². The molecule has 134 valence electrons. The van der Waals surface area contributed by atoms with E-state index >= 15 is 0 Å². The molecule has 0 spiro atoms. The number of anilines is 1. The number of amides is 1. The van der Waals surface area contributed by atoms with E-state index in [9.17, 15) is 17.6 Å². The van der Waals surface area contributed by atoms with Crippen LogP contribution in [0.1, 0.15) is 24.2 Å². The molecule has 0 aliphatic heterocycles. The normalized spacial score (nSPS) is 11.2. The quantitative estimate of drug-likeness (QED) is 0.758. The molecule has 0 saturated heterocycles. The maximum Gasteiger partial charge on any atom is 0.263 e. The summed E-state index contributed by atoms with van der Waals surface area (Å²) in [6.07, 6.45) is 0. The lowest BCUT2D eigenvalue weighted by Crippen LogP contribution is -2.30. The lowest BCUT2D eigenvalue weighted by atomic mass is 10.2. The Labute approximate surface area is 155 Å². The first kappa shape index (κ1) is 19.4. The second-order valence-corrected chi connectivity index (χ2v) is 7.74. The van der Waals surface area contributed by atoms with Crippen molar-refractivity contribution in [3.63, 3.8) is 0 Å². The molecule has 0 unspecified atom stereocenters. The third-order valence-corrected chi connectivity index (χ3v) is 5.95. The average Bonchev–Trinajstić information content (AvgIpc) is 2.55. The van der Waals surface area contributed by atoms with Gasteiger partial charge in [0.05, 0.1) is 0 Å². The van der Waals surface area contributed by atoms with Crippen molar-refractivity contribution in [2.75, 3.05) is 17.8 Å². The topological polar surface area (TPSA) is 66.5 Å². The largest absolute Gasteiger partial charge is 0.339 e. The molecular formula is C17H18BrFN2O3S. The van der Waals surface area contributed by atoms with E-state index < -0.39 is 15.8 Å². The maximum absolute atomic E-state index is 13.2. The lowest BCUT2D eigenvalue weighted by molar-refractivity contribution is 0.0773. The molecule has 1 N–H and O–H groups in total. The third kappa shape index (κ3) is 4.58. The van der Waals surface area contributed by atoms with E-state index in [0.717, 1.165) is 12.1 Å². The van der Waals surface area contributed by atoms with E-state index in [0.29, 0.717) is 18.7 Å². The summed E-state index contributed by atoms with van der Waals surface area (Å²) in [6.45, 7) is 4.88. The molecule has 0 aliphatic carbocycles. The van der Waals surface area contributed by atoms with Gasteiger partial charge in [0.25, 0.3) is 15.9 Å². The summed E-state index contributed by atoms with van der Waals surface area (Å²) in [5.41, 5.74) is 0.649. The Morgan fingerprint density at radius 3 is 2.44 bits per heavy atom. The van der Waals surface area contributed by atoms with Gasteiger partial charge < -0.3 is 4.90 Å². The number of benzene rings is 2. The molecule has 1 amide bonds. The Hall–Kier alpha value is -1.93. The zero-order valence-electron chi connectivity index (χ0n) is 13.8. The highest BCUT2D eigenvalue weighted by atomic mass is 79.9. The monoisotopic (exact) mass is 428 g/mol. The van der Waals surface area contributed by atoms with Crippen LogP contribution in [-0.2, 0) is 10.0 Å². The molecule has 0 radical (unpaired) electrons. The number of hydrogen-bond acceptors (Lipinski definition) is 3. The second-order valence-electron chi connectivity index (χ2n) is 5.24. The summed E-state index contributed by atoms with van der Waals surface area (Å²) >= 11 is 3.05. The minimum atomic E-state index is -3.92. The van der Waals surface area contributed by atoms with Crippen LogP contribution in [-0.4, -0.2) is 32.3 Å². The lowest BCUT2D eigenvalue weighted by Gasteiger charge is -2.19. The number of sulfonamides is 1. The molecule has 0 heterocycles. The first-order valence-electron chi connectivity index (χ1n) is 7.65. The number of halogens is 2. The van der Waals surface area contributed by atoms with Crippen molar-refractivity contribution in [3.05, 3.63) is 58.3 Å². The Morgan fingerprint density at radius 2 is 1.84 bits per heavy atom. The first-order valence-corrected chi connectivity index (χ1v) is 9.93. The number of carbonyl (C=O) groups is 1. The fourth-order valence-corrected chi connectivity index (χ4v) is 4.41. The molecule has 0 aliphatic rings. The van der Waals surface area contributed by atoms with E-state index in [1.165, 1.54) is 12.1 Å². The molecule has 0 bridgehead atoms. The molecule has 25 heavy (non-hydrogen) atoms. The van der Waals surface area contributed by atoms with Crippen LogP contribution in [0.3, 0.4) is 0 Å². The van der Waals surface area contributed by atoms with E-state index in [1.54, 1.807) is 23.1 Å². The molecular weight excluding hydrogens is 411 g/mol. The molecule has 8 heteroatoms. The average molecular weight is 429 g/mol. The molecule has 5 nitrogen and oxygen atoms in total. The van der Waals surface area contributed by atoms with Gasteiger partial charge in [-0.3, -0.25) is 9.52 Å². The van der Waals surface area contributed by atoms with Crippen LogP contribution in [0, 0.1) is 5.82 Å². The summed E-state index contributed by atoms with van der Waals surface area (Å²) < 4.78 is 40.7. The van der Waals surface area contributed by atoms with Gasteiger partial charge in [-0.05, 0) is 66.2 Å². The van der Waals surface area contributed by atoms with E-state index in [2.05, 4.69) is 20.7 Å². The summed E-state index contributed by atoms with van der Waals surface area (Å²) in [4.78, 5) is 13.9. The minimum absolute atomic E-state index is 0.0885. The van der Waals surface area contributed by atoms with Crippen molar-refractivity contribution in [3.8, 4) is 0 Å². The van der Waals surface area contributed by atoms with Crippen LogP contribution in [0.2, 0.25) is 0 Å². The molecule has 0 atom stereocenters. The molecule has 0 saturated carbocycles. The predicted molar refractivity (Wildman–Crippen MR) is 98.6 cm³/mol. The van der Waals surface area contributed by atoms with E-state index in [4.69, 9.17) is 0 Å². The summed E-state index contributed by atoms with van der Waals surface area (Å²) in [7, 11) is -3.92. The van der Waals surface area contributed by atoms with Gasteiger partial charge in [-0.15, -0.1) is 0 Å². The van der Waals surface area contributed by atoms with Crippen molar-refractivity contribution in [2.45, 2.75) is 18.7 Å². The zero-order valence-corrected chi connectivity index (χ0v) is 16.2. The predicted octanol–water partition coefficient (Wildman–Crippen LogP) is 3.87. The van der Waals surface area contributed by atoms with Gasteiger partial charge in [-0.1, -0.05) is 6.07 Å². The van der Waals surface area contributed by atoms with Crippen molar-refractivity contribution in [1.29, 1.82) is 0 Å². The highest BCUT2D eigenvalue weighted by Gasteiger charge is 2.19.